The first kappa shape index (κ1) is 15.0. The van der Waals surface area contributed by atoms with Gasteiger partial charge in [0.15, 0.2) is 0 Å². The van der Waals surface area contributed by atoms with Gasteiger partial charge in [-0.05, 0) is 19.1 Å². The lowest BCUT2D eigenvalue weighted by molar-refractivity contribution is -0.121. The van der Waals surface area contributed by atoms with Gasteiger partial charge in [0.1, 0.15) is 0 Å². The average molecular weight is 290 g/mol. The Morgan fingerprint density at radius 3 is 2.67 bits per heavy atom. The first-order valence-corrected chi connectivity index (χ1v) is 6.74. The summed E-state index contributed by atoms with van der Waals surface area (Å²) in [5, 5.41) is 5.88. The maximum Gasteiger partial charge on any atom is 0.273 e. The van der Waals surface area contributed by atoms with Crippen LogP contribution in [0.2, 0.25) is 0 Å². The van der Waals surface area contributed by atoms with E-state index in [9.17, 15) is 14.4 Å². The van der Waals surface area contributed by atoms with E-state index in [-0.39, 0.29) is 36.0 Å². The van der Waals surface area contributed by atoms with E-state index in [1.54, 1.807) is 31.2 Å². The quantitative estimate of drug-likeness (QED) is 0.692. The van der Waals surface area contributed by atoms with Crippen LogP contribution in [0.5, 0.6) is 0 Å². The Morgan fingerprint density at radius 2 is 2.00 bits per heavy atom. The molecule has 0 radical (unpaired) electrons. The molecule has 0 saturated carbocycles. The van der Waals surface area contributed by atoms with Crippen LogP contribution in [0.3, 0.4) is 0 Å². The van der Waals surface area contributed by atoms with Crippen molar-refractivity contribution in [3.05, 3.63) is 45.0 Å². The van der Waals surface area contributed by atoms with Gasteiger partial charge in [0.25, 0.3) is 11.1 Å². The molecule has 0 spiro atoms. The second-order valence-electron chi connectivity index (χ2n) is 4.90. The van der Waals surface area contributed by atoms with Crippen LogP contribution in [0.15, 0.2) is 33.9 Å². The Labute approximate surface area is 120 Å². The summed E-state index contributed by atoms with van der Waals surface area (Å²) in [5.41, 5.74) is 4.76. The highest BCUT2D eigenvalue weighted by atomic mass is 16.2. The van der Waals surface area contributed by atoms with E-state index >= 15 is 0 Å². The van der Waals surface area contributed by atoms with E-state index < -0.39 is 0 Å². The van der Waals surface area contributed by atoms with Crippen molar-refractivity contribution in [2.75, 3.05) is 6.54 Å². The molecule has 0 saturated heterocycles. The molecule has 4 N–H and O–H groups in total. The molecule has 2 rings (SSSR count). The number of H-pyrrole nitrogens is 1. The number of aromatic amines is 1. The van der Waals surface area contributed by atoms with Crippen molar-refractivity contribution in [1.29, 1.82) is 0 Å². The van der Waals surface area contributed by atoms with Crippen LogP contribution >= 0.6 is 0 Å². The number of hydrogen-bond acceptors (Lipinski definition) is 4. The molecule has 1 heterocycles. The van der Waals surface area contributed by atoms with Crippen molar-refractivity contribution in [1.82, 2.24) is 15.1 Å². The van der Waals surface area contributed by atoms with Gasteiger partial charge < -0.3 is 11.1 Å². The van der Waals surface area contributed by atoms with Gasteiger partial charge >= 0.3 is 0 Å². The van der Waals surface area contributed by atoms with Crippen molar-refractivity contribution in [2.24, 2.45) is 5.73 Å². The first-order valence-electron chi connectivity index (χ1n) is 6.74. The molecule has 0 fully saturated rings. The van der Waals surface area contributed by atoms with Crippen molar-refractivity contribution in [3.63, 3.8) is 0 Å². The maximum absolute atomic E-state index is 12.2. The van der Waals surface area contributed by atoms with Crippen molar-refractivity contribution < 1.29 is 4.79 Å². The minimum atomic E-state index is -0.346. The summed E-state index contributed by atoms with van der Waals surface area (Å²) in [6.07, 6.45) is 0.0958. The van der Waals surface area contributed by atoms with E-state index in [1.807, 2.05) is 0 Å². The van der Waals surface area contributed by atoms with Crippen LogP contribution in [0.25, 0.3) is 10.8 Å². The molecular formula is C14H18N4O3. The fourth-order valence-electron chi connectivity index (χ4n) is 2.02. The van der Waals surface area contributed by atoms with Gasteiger partial charge in [0.05, 0.1) is 17.3 Å². The second-order valence-corrected chi connectivity index (χ2v) is 4.90. The van der Waals surface area contributed by atoms with E-state index in [2.05, 4.69) is 10.4 Å². The predicted octanol–water partition coefficient (Wildman–Crippen LogP) is -0.457. The SMILES string of the molecule is C[C@@H](CN)NC(=O)CCn1[nH]c(=O)c2ccccc2c1=O. The molecule has 21 heavy (non-hydrogen) atoms. The summed E-state index contributed by atoms with van der Waals surface area (Å²) in [5.74, 6) is -0.214. The lowest BCUT2D eigenvalue weighted by atomic mass is 10.2. The lowest BCUT2D eigenvalue weighted by Crippen LogP contribution is -2.39. The van der Waals surface area contributed by atoms with Crippen molar-refractivity contribution in [3.8, 4) is 0 Å². The first-order chi connectivity index (χ1) is 10.0. The highest BCUT2D eigenvalue weighted by Crippen LogP contribution is 2.02. The number of nitrogens with one attached hydrogen (secondary N) is 2. The number of rotatable bonds is 5. The van der Waals surface area contributed by atoms with Crippen LogP contribution < -0.4 is 22.2 Å². The summed E-state index contributed by atoms with van der Waals surface area (Å²) < 4.78 is 1.16. The highest BCUT2D eigenvalue weighted by Gasteiger charge is 2.09. The van der Waals surface area contributed by atoms with Crippen LogP contribution in [0.4, 0.5) is 0 Å². The van der Waals surface area contributed by atoms with Crippen molar-refractivity contribution in [2.45, 2.75) is 25.9 Å². The van der Waals surface area contributed by atoms with E-state index in [1.165, 1.54) is 0 Å². The zero-order valence-electron chi connectivity index (χ0n) is 11.8. The fraction of sp³-hybridized carbons (Fsp3) is 0.357. The number of amides is 1. The number of carbonyl (C=O) groups is 1. The van der Waals surface area contributed by atoms with Crippen molar-refractivity contribution >= 4 is 16.7 Å². The number of fused-ring (bicyclic) bond motifs is 1. The Balaban J connectivity index is 2.20. The Hall–Kier alpha value is -2.41. The van der Waals surface area contributed by atoms with Gasteiger partial charge in [-0.25, -0.2) is 4.68 Å². The summed E-state index contributed by atoms with van der Waals surface area (Å²) in [6.45, 7) is 2.25. The molecule has 0 aliphatic heterocycles. The topological polar surface area (TPSA) is 110 Å². The molecular weight excluding hydrogens is 272 g/mol. The minimum absolute atomic E-state index is 0.0958. The monoisotopic (exact) mass is 290 g/mol. The van der Waals surface area contributed by atoms with E-state index in [0.29, 0.717) is 17.3 Å². The number of nitrogens with two attached hydrogens (primary N) is 1. The van der Waals surface area contributed by atoms with Gasteiger partial charge in [-0.3, -0.25) is 19.5 Å². The van der Waals surface area contributed by atoms with E-state index in [0.717, 1.165) is 4.68 Å². The summed E-state index contributed by atoms with van der Waals surface area (Å²) >= 11 is 0. The molecule has 7 nitrogen and oxygen atoms in total. The molecule has 1 atom stereocenters. The molecule has 7 heteroatoms. The highest BCUT2D eigenvalue weighted by molar-refractivity contribution is 5.80. The molecule has 0 aliphatic carbocycles. The Kier molecular flexibility index (Phi) is 4.54. The molecule has 1 aromatic heterocycles. The lowest BCUT2D eigenvalue weighted by Gasteiger charge is -2.12. The molecule has 0 aliphatic rings. The van der Waals surface area contributed by atoms with Gasteiger partial charge in [-0.2, -0.15) is 0 Å². The van der Waals surface area contributed by atoms with E-state index in [4.69, 9.17) is 5.73 Å². The second kappa shape index (κ2) is 6.36. The van der Waals surface area contributed by atoms with Gasteiger partial charge in [-0.1, -0.05) is 12.1 Å². The third-order valence-corrected chi connectivity index (χ3v) is 3.21. The predicted molar refractivity (Wildman–Crippen MR) is 80.1 cm³/mol. The summed E-state index contributed by atoms with van der Waals surface area (Å²) in [6, 6.07) is 6.46. The largest absolute Gasteiger partial charge is 0.352 e. The molecule has 0 unspecified atom stereocenters. The number of aromatic nitrogens is 2. The number of aryl methyl sites for hydroxylation is 1. The number of nitrogens with zero attached hydrogens (tertiary/aromatic N) is 1. The number of carbonyl (C=O) groups excluding carboxylic acids is 1. The van der Waals surface area contributed by atoms with Gasteiger partial charge in [-0.15, -0.1) is 0 Å². The number of hydrogen-bond donors (Lipinski definition) is 3. The van der Waals surface area contributed by atoms with Crippen LogP contribution in [0.1, 0.15) is 13.3 Å². The maximum atomic E-state index is 12.2. The zero-order chi connectivity index (χ0) is 15.4. The average Bonchev–Trinajstić information content (AvgIpc) is 2.49. The van der Waals surface area contributed by atoms with Crippen LogP contribution in [-0.4, -0.2) is 28.3 Å². The van der Waals surface area contributed by atoms with Crippen LogP contribution in [0, 0.1) is 0 Å². The van der Waals surface area contributed by atoms with Gasteiger partial charge in [0.2, 0.25) is 5.91 Å². The Morgan fingerprint density at radius 1 is 1.33 bits per heavy atom. The normalized spacial score (nSPS) is 12.3. The summed E-state index contributed by atoms with van der Waals surface area (Å²) in [4.78, 5) is 35.8. The third-order valence-electron chi connectivity index (χ3n) is 3.21. The zero-order valence-corrected chi connectivity index (χ0v) is 11.8. The smallest absolute Gasteiger partial charge is 0.273 e. The molecule has 1 aromatic carbocycles. The molecule has 2 aromatic rings. The molecule has 112 valence electrons. The Bertz CT molecular complexity index is 763. The third kappa shape index (κ3) is 3.38. The molecule has 0 bridgehead atoms. The van der Waals surface area contributed by atoms with Crippen LogP contribution in [-0.2, 0) is 11.3 Å². The minimum Gasteiger partial charge on any atom is -0.352 e. The molecule has 1 amide bonds. The fourth-order valence-corrected chi connectivity index (χ4v) is 2.02. The summed E-state index contributed by atoms with van der Waals surface area (Å²) in [7, 11) is 0. The standard InChI is InChI=1S/C14H18N4O3/c1-9(8-15)16-12(19)6-7-18-14(21)11-5-3-2-4-10(11)13(20)17-18/h2-5,9H,6-8,15H2,1H3,(H,16,19)(H,17,20)/t9-/m0/s1. The van der Waals surface area contributed by atoms with Gasteiger partial charge in [0, 0.05) is 19.0 Å². The number of benzene rings is 1.